The van der Waals surface area contributed by atoms with Crippen molar-refractivity contribution in [3.8, 4) is 22.4 Å². The van der Waals surface area contributed by atoms with Crippen LogP contribution in [0.2, 0.25) is 0 Å². The summed E-state index contributed by atoms with van der Waals surface area (Å²) in [6, 6.07) is 20.0. The second kappa shape index (κ2) is 7.72. The SMILES string of the molecule is Cc1ccc(-c2ccc(-c3cc(NC(=O)c4ccncc4)n(C)n3)cc2)cc1C. The van der Waals surface area contributed by atoms with E-state index in [1.165, 1.54) is 22.3 Å². The lowest BCUT2D eigenvalue weighted by molar-refractivity contribution is 0.102. The van der Waals surface area contributed by atoms with Gasteiger partial charge in [-0.15, -0.1) is 0 Å². The summed E-state index contributed by atoms with van der Waals surface area (Å²) in [4.78, 5) is 16.3. The molecular weight excluding hydrogens is 360 g/mol. The lowest BCUT2D eigenvalue weighted by Gasteiger charge is -2.06. The van der Waals surface area contributed by atoms with E-state index < -0.39 is 0 Å². The minimum Gasteiger partial charge on any atom is -0.307 e. The van der Waals surface area contributed by atoms with Crippen LogP contribution in [-0.4, -0.2) is 20.7 Å². The zero-order valence-corrected chi connectivity index (χ0v) is 16.7. The zero-order chi connectivity index (χ0) is 20.4. The first-order valence-electron chi connectivity index (χ1n) is 9.45. The summed E-state index contributed by atoms with van der Waals surface area (Å²) in [5, 5.41) is 7.44. The Labute approximate surface area is 170 Å². The van der Waals surface area contributed by atoms with Gasteiger partial charge in [-0.25, -0.2) is 0 Å². The van der Waals surface area contributed by atoms with Crippen LogP contribution >= 0.6 is 0 Å². The van der Waals surface area contributed by atoms with Gasteiger partial charge in [-0.1, -0.05) is 42.5 Å². The van der Waals surface area contributed by atoms with E-state index in [0.29, 0.717) is 11.4 Å². The van der Waals surface area contributed by atoms with E-state index >= 15 is 0 Å². The second-order valence-electron chi connectivity index (χ2n) is 7.10. The molecule has 5 nitrogen and oxygen atoms in total. The number of aryl methyl sites for hydroxylation is 3. The third-order valence-corrected chi connectivity index (χ3v) is 5.08. The number of carbonyl (C=O) groups excluding carboxylic acids is 1. The highest BCUT2D eigenvalue weighted by Gasteiger charge is 2.12. The molecule has 0 saturated carbocycles. The van der Waals surface area contributed by atoms with Crippen LogP contribution in [0.3, 0.4) is 0 Å². The molecule has 0 saturated heterocycles. The van der Waals surface area contributed by atoms with Crippen LogP contribution < -0.4 is 5.32 Å². The second-order valence-corrected chi connectivity index (χ2v) is 7.10. The Kier molecular flexibility index (Phi) is 4.96. The van der Waals surface area contributed by atoms with Gasteiger partial charge in [0.2, 0.25) is 0 Å². The molecule has 29 heavy (non-hydrogen) atoms. The van der Waals surface area contributed by atoms with E-state index in [1.54, 1.807) is 29.2 Å². The molecular formula is C24H22N4O. The molecule has 4 aromatic rings. The molecule has 144 valence electrons. The van der Waals surface area contributed by atoms with Crippen LogP contribution in [0.1, 0.15) is 21.5 Å². The molecule has 2 aromatic carbocycles. The number of benzene rings is 2. The quantitative estimate of drug-likeness (QED) is 0.539. The monoisotopic (exact) mass is 382 g/mol. The van der Waals surface area contributed by atoms with Gasteiger partial charge in [0, 0.05) is 36.6 Å². The Morgan fingerprint density at radius 1 is 0.828 bits per heavy atom. The Bertz CT molecular complexity index is 1160. The van der Waals surface area contributed by atoms with Crippen molar-refractivity contribution in [3.05, 3.63) is 89.7 Å². The maximum Gasteiger partial charge on any atom is 0.256 e. The first kappa shape index (κ1) is 18.6. The van der Waals surface area contributed by atoms with Crippen LogP contribution in [0.15, 0.2) is 73.1 Å². The molecule has 0 aliphatic rings. The van der Waals surface area contributed by atoms with Crippen molar-refractivity contribution in [2.75, 3.05) is 5.32 Å². The summed E-state index contributed by atoms with van der Waals surface area (Å²) < 4.78 is 1.67. The van der Waals surface area contributed by atoms with Gasteiger partial charge >= 0.3 is 0 Å². The molecule has 1 amide bonds. The smallest absolute Gasteiger partial charge is 0.256 e. The molecule has 4 rings (SSSR count). The molecule has 0 atom stereocenters. The van der Waals surface area contributed by atoms with E-state index in [9.17, 15) is 4.79 Å². The van der Waals surface area contributed by atoms with E-state index in [2.05, 4.69) is 71.7 Å². The molecule has 0 fully saturated rings. The molecule has 2 heterocycles. The third kappa shape index (κ3) is 3.94. The maximum atomic E-state index is 12.4. The zero-order valence-electron chi connectivity index (χ0n) is 16.7. The summed E-state index contributed by atoms with van der Waals surface area (Å²) >= 11 is 0. The molecule has 0 bridgehead atoms. The van der Waals surface area contributed by atoms with E-state index in [1.807, 2.05) is 13.1 Å². The van der Waals surface area contributed by atoms with E-state index in [0.717, 1.165) is 11.3 Å². The van der Waals surface area contributed by atoms with Crippen LogP contribution in [0.25, 0.3) is 22.4 Å². The van der Waals surface area contributed by atoms with Gasteiger partial charge in [-0.2, -0.15) is 5.10 Å². The van der Waals surface area contributed by atoms with E-state index in [-0.39, 0.29) is 5.91 Å². The summed E-state index contributed by atoms with van der Waals surface area (Å²) in [6.45, 7) is 4.25. The van der Waals surface area contributed by atoms with Gasteiger partial charge in [0.15, 0.2) is 0 Å². The Balaban J connectivity index is 1.55. The summed E-state index contributed by atoms with van der Waals surface area (Å²) in [6.07, 6.45) is 3.20. The lowest BCUT2D eigenvalue weighted by Crippen LogP contribution is -2.14. The van der Waals surface area contributed by atoms with Gasteiger partial charge in [-0.3, -0.25) is 14.5 Å². The standard InChI is InChI=1S/C24H22N4O/c1-16-4-5-21(14-17(16)2)18-6-8-19(9-7-18)22-15-23(28(3)27-22)26-24(29)20-10-12-25-13-11-20/h4-15H,1-3H3,(H,26,29). The highest BCUT2D eigenvalue weighted by Crippen LogP contribution is 2.27. The van der Waals surface area contributed by atoms with Gasteiger partial charge < -0.3 is 5.32 Å². The van der Waals surface area contributed by atoms with Gasteiger partial charge in [0.1, 0.15) is 5.82 Å². The average Bonchev–Trinajstić information content (AvgIpc) is 3.11. The lowest BCUT2D eigenvalue weighted by atomic mass is 9.99. The highest BCUT2D eigenvalue weighted by molar-refractivity contribution is 6.03. The van der Waals surface area contributed by atoms with E-state index in [4.69, 9.17) is 0 Å². The number of amides is 1. The average molecular weight is 382 g/mol. The predicted molar refractivity (Wildman–Crippen MR) is 116 cm³/mol. The topological polar surface area (TPSA) is 59.8 Å². The minimum absolute atomic E-state index is 0.188. The molecule has 0 unspecified atom stereocenters. The van der Waals surface area contributed by atoms with Crippen molar-refractivity contribution in [1.82, 2.24) is 14.8 Å². The van der Waals surface area contributed by atoms with Gasteiger partial charge in [0.05, 0.1) is 5.69 Å². The number of nitrogens with one attached hydrogen (secondary N) is 1. The molecule has 0 radical (unpaired) electrons. The Morgan fingerprint density at radius 3 is 2.17 bits per heavy atom. The van der Waals surface area contributed by atoms with Gasteiger partial charge in [-0.05, 0) is 48.2 Å². The molecule has 0 aliphatic carbocycles. The van der Waals surface area contributed by atoms with Crippen molar-refractivity contribution < 1.29 is 4.79 Å². The first-order valence-corrected chi connectivity index (χ1v) is 9.45. The molecule has 0 aliphatic heterocycles. The van der Waals surface area contributed by atoms with Crippen LogP contribution in [0.5, 0.6) is 0 Å². The third-order valence-electron chi connectivity index (χ3n) is 5.08. The summed E-state index contributed by atoms with van der Waals surface area (Å²) in [5.41, 5.74) is 7.30. The number of anilines is 1. The Morgan fingerprint density at radius 2 is 1.48 bits per heavy atom. The number of hydrogen-bond donors (Lipinski definition) is 1. The van der Waals surface area contributed by atoms with Crippen molar-refractivity contribution >= 4 is 11.7 Å². The van der Waals surface area contributed by atoms with Crippen molar-refractivity contribution in [2.24, 2.45) is 7.05 Å². The Hall–Kier alpha value is -3.73. The van der Waals surface area contributed by atoms with Crippen molar-refractivity contribution in [3.63, 3.8) is 0 Å². The van der Waals surface area contributed by atoms with Crippen LogP contribution in [0, 0.1) is 13.8 Å². The number of pyridine rings is 1. The fraction of sp³-hybridized carbons (Fsp3) is 0.125. The fourth-order valence-corrected chi connectivity index (χ4v) is 3.17. The van der Waals surface area contributed by atoms with Crippen molar-refractivity contribution in [2.45, 2.75) is 13.8 Å². The number of hydrogen-bond acceptors (Lipinski definition) is 3. The largest absolute Gasteiger partial charge is 0.307 e. The van der Waals surface area contributed by atoms with Crippen LogP contribution in [0.4, 0.5) is 5.82 Å². The summed E-state index contributed by atoms with van der Waals surface area (Å²) in [7, 11) is 1.81. The number of aromatic nitrogens is 3. The first-order chi connectivity index (χ1) is 14.0. The van der Waals surface area contributed by atoms with Crippen LogP contribution in [-0.2, 0) is 7.05 Å². The van der Waals surface area contributed by atoms with Crippen molar-refractivity contribution in [1.29, 1.82) is 0 Å². The normalized spacial score (nSPS) is 10.7. The maximum absolute atomic E-state index is 12.4. The van der Waals surface area contributed by atoms with Gasteiger partial charge in [0.25, 0.3) is 5.91 Å². The fourth-order valence-electron chi connectivity index (χ4n) is 3.17. The highest BCUT2D eigenvalue weighted by atomic mass is 16.1. The summed E-state index contributed by atoms with van der Waals surface area (Å²) in [5.74, 6) is 0.451. The molecule has 2 aromatic heterocycles. The molecule has 1 N–H and O–H groups in total. The number of nitrogens with zero attached hydrogens (tertiary/aromatic N) is 3. The number of carbonyl (C=O) groups is 1. The molecule has 0 spiro atoms. The predicted octanol–water partition coefficient (Wildman–Crippen LogP) is 5.02. The minimum atomic E-state index is -0.188. The molecule has 5 heteroatoms. The number of rotatable bonds is 4.